The summed E-state index contributed by atoms with van der Waals surface area (Å²) in [6.07, 6.45) is -4.36. The summed E-state index contributed by atoms with van der Waals surface area (Å²) < 4.78 is 61.4. The number of nitrogen functional groups attached to an aromatic ring is 1. The molecule has 0 aliphatic carbocycles. The van der Waals surface area contributed by atoms with Crippen molar-refractivity contribution in [2.24, 2.45) is 5.84 Å². The van der Waals surface area contributed by atoms with Crippen LogP contribution in [0.1, 0.15) is 12.8 Å². The second-order valence-electron chi connectivity index (χ2n) is 3.61. The van der Waals surface area contributed by atoms with Crippen LogP contribution in [0.3, 0.4) is 0 Å². The van der Waals surface area contributed by atoms with Gasteiger partial charge < -0.3 is 5.43 Å². The van der Waals surface area contributed by atoms with Crippen LogP contribution in [0.25, 0.3) is 0 Å². The average molecular weight is 298 g/mol. The Morgan fingerprint density at radius 3 is 2.63 bits per heavy atom. The van der Waals surface area contributed by atoms with E-state index in [-0.39, 0.29) is 23.7 Å². The number of hydrazine groups is 1. The van der Waals surface area contributed by atoms with Gasteiger partial charge in [-0.1, -0.05) is 0 Å². The van der Waals surface area contributed by atoms with Crippen molar-refractivity contribution >= 4 is 15.8 Å². The van der Waals surface area contributed by atoms with Crippen LogP contribution in [0.2, 0.25) is 0 Å². The topological polar surface area (TPSA) is 97.1 Å². The zero-order chi connectivity index (χ0) is 14.5. The summed E-state index contributed by atoms with van der Waals surface area (Å²) in [4.78, 5) is 3.48. The SMILES string of the molecule is NNc1ncccc1S(=O)(=O)NCCCC(F)(F)F. The van der Waals surface area contributed by atoms with Gasteiger partial charge in [-0.15, -0.1) is 0 Å². The zero-order valence-electron chi connectivity index (χ0n) is 9.74. The molecule has 0 aliphatic rings. The van der Waals surface area contributed by atoms with Gasteiger partial charge in [0.25, 0.3) is 0 Å². The first-order valence-corrected chi connectivity index (χ1v) is 6.72. The molecule has 0 aromatic carbocycles. The largest absolute Gasteiger partial charge is 0.389 e. The number of halogens is 3. The molecule has 0 fully saturated rings. The highest BCUT2D eigenvalue weighted by molar-refractivity contribution is 7.89. The summed E-state index contributed by atoms with van der Waals surface area (Å²) in [5.74, 6) is 5.03. The minimum Gasteiger partial charge on any atom is -0.307 e. The monoisotopic (exact) mass is 298 g/mol. The van der Waals surface area contributed by atoms with Crippen LogP contribution in [-0.2, 0) is 10.0 Å². The Labute approximate surface area is 108 Å². The maximum absolute atomic E-state index is 11.9. The number of nitrogens with one attached hydrogen (secondary N) is 2. The molecule has 0 bridgehead atoms. The molecule has 10 heteroatoms. The van der Waals surface area contributed by atoms with Crippen molar-refractivity contribution in [3.8, 4) is 0 Å². The van der Waals surface area contributed by atoms with E-state index in [1.165, 1.54) is 18.3 Å². The molecule has 0 radical (unpaired) electrons. The Kier molecular flexibility index (Phi) is 5.09. The molecule has 0 saturated heterocycles. The van der Waals surface area contributed by atoms with E-state index in [1.807, 2.05) is 0 Å². The van der Waals surface area contributed by atoms with Gasteiger partial charge >= 0.3 is 6.18 Å². The number of pyridine rings is 1. The van der Waals surface area contributed by atoms with Gasteiger partial charge in [0.1, 0.15) is 4.90 Å². The third-order valence-corrected chi connectivity index (χ3v) is 3.62. The van der Waals surface area contributed by atoms with Crippen LogP contribution >= 0.6 is 0 Å². The molecule has 0 aliphatic heterocycles. The van der Waals surface area contributed by atoms with Gasteiger partial charge in [0.15, 0.2) is 5.82 Å². The van der Waals surface area contributed by atoms with Crippen LogP contribution in [0.15, 0.2) is 23.2 Å². The van der Waals surface area contributed by atoms with Crippen molar-refractivity contribution in [2.45, 2.75) is 23.9 Å². The number of hydrogen-bond acceptors (Lipinski definition) is 5. The lowest BCUT2D eigenvalue weighted by atomic mass is 10.3. The predicted molar refractivity (Wildman–Crippen MR) is 62.5 cm³/mol. The van der Waals surface area contributed by atoms with E-state index in [0.717, 1.165) is 0 Å². The standard InChI is InChI=1S/C9H13F3N4O2S/c10-9(11,12)4-2-6-15-19(17,18)7-3-1-5-14-8(7)16-13/h1,3,5,15H,2,4,6,13H2,(H,14,16). The van der Waals surface area contributed by atoms with E-state index in [0.29, 0.717) is 0 Å². The molecule has 1 heterocycles. The van der Waals surface area contributed by atoms with Crippen molar-refractivity contribution in [3.05, 3.63) is 18.3 Å². The summed E-state index contributed by atoms with van der Waals surface area (Å²) in [5.41, 5.74) is 2.11. The van der Waals surface area contributed by atoms with E-state index in [9.17, 15) is 21.6 Å². The molecule has 108 valence electrons. The summed E-state index contributed by atoms with van der Waals surface area (Å²) in [5, 5.41) is 0. The van der Waals surface area contributed by atoms with Gasteiger partial charge in [0, 0.05) is 19.2 Å². The second-order valence-corrected chi connectivity index (χ2v) is 5.35. The summed E-state index contributed by atoms with van der Waals surface area (Å²) >= 11 is 0. The van der Waals surface area contributed by atoms with Gasteiger partial charge in [-0.3, -0.25) is 0 Å². The molecule has 6 nitrogen and oxygen atoms in total. The molecule has 1 rings (SSSR count). The molecule has 0 amide bonds. The van der Waals surface area contributed by atoms with E-state index in [1.54, 1.807) is 0 Å². The predicted octanol–water partition coefficient (Wildman–Crippen LogP) is 0.988. The highest BCUT2D eigenvalue weighted by Gasteiger charge is 2.26. The molecule has 19 heavy (non-hydrogen) atoms. The summed E-state index contributed by atoms with van der Waals surface area (Å²) in [6, 6.07) is 2.62. The molecule has 1 aromatic rings. The van der Waals surface area contributed by atoms with Crippen molar-refractivity contribution < 1.29 is 21.6 Å². The van der Waals surface area contributed by atoms with Crippen LogP contribution in [0.5, 0.6) is 0 Å². The number of alkyl halides is 3. The van der Waals surface area contributed by atoms with E-state index >= 15 is 0 Å². The van der Waals surface area contributed by atoms with Crippen LogP contribution in [0, 0.1) is 0 Å². The highest BCUT2D eigenvalue weighted by atomic mass is 32.2. The van der Waals surface area contributed by atoms with E-state index < -0.39 is 22.6 Å². The molecule has 1 aromatic heterocycles. The first kappa shape index (κ1) is 15.7. The van der Waals surface area contributed by atoms with Crippen LogP contribution in [-0.4, -0.2) is 26.1 Å². The van der Waals surface area contributed by atoms with Crippen molar-refractivity contribution in [1.82, 2.24) is 9.71 Å². The van der Waals surface area contributed by atoms with Gasteiger partial charge in [0.05, 0.1) is 0 Å². The van der Waals surface area contributed by atoms with E-state index in [2.05, 4.69) is 15.1 Å². The summed E-state index contributed by atoms with van der Waals surface area (Å²) in [7, 11) is -3.94. The molecular weight excluding hydrogens is 285 g/mol. The first-order valence-electron chi connectivity index (χ1n) is 5.24. The maximum Gasteiger partial charge on any atom is 0.389 e. The second kappa shape index (κ2) is 6.17. The molecule has 0 atom stereocenters. The Morgan fingerprint density at radius 2 is 2.05 bits per heavy atom. The lowest BCUT2D eigenvalue weighted by molar-refractivity contribution is -0.135. The van der Waals surface area contributed by atoms with Gasteiger partial charge in [0.2, 0.25) is 10.0 Å². The fraction of sp³-hybridized carbons (Fsp3) is 0.444. The first-order chi connectivity index (χ1) is 8.76. The number of sulfonamides is 1. The molecule has 0 spiro atoms. The van der Waals surface area contributed by atoms with Crippen molar-refractivity contribution in [2.75, 3.05) is 12.0 Å². The Bertz CT molecular complexity index is 518. The molecule has 0 saturated carbocycles. The molecule has 4 N–H and O–H groups in total. The number of hydrogen-bond donors (Lipinski definition) is 3. The minimum absolute atomic E-state index is 0.0779. The third-order valence-electron chi connectivity index (χ3n) is 2.13. The van der Waals surface area contributed by atoms with Crippen molar-refractivity contribution in [1.29, 1.82) is 0 Å². The number of aromatic nitrogens is 1. The van der Waals surface area contributed by atoms with Gasteiger partial charge in [-0.25, -0.2) is 24.0 Å². The van der Waals surface area contributed by atoms with Crippen molar-refractivity contribution in [3.63, 3.8) is 0 Å². The maximum atomic E-state index is 11.9. The van der Waals surface area contributed by atoms with E-state index in [4.69, 9.17) is 5.84 Å². The Hall–Kier alpha value is -1.39. The number of rotatable bonds is 6. The lowest BCUT2D eigenvalue weighted by Gasteiger charge is -2.10. The minimum atomic E-state index is -4.30. The fourth-order valence-electron chi connectivity index (χ4n) is 1.29. The smallest absolute Gasteiger partial charge is 0.307 e. The number of nitrogens with zero attached hydrogens (tertiary/aromatic N) is 1. The normalized spacial score (nSPS) is 12.4. The third kappa shape index (κ3) is 5.01. The van der Waals surface area contributed by atoms with Crippen LogP contribution < -0.4 is 16.0 Å². The zero-order valence-corrected chi connectivity index (χ0v) is 10.6. The summed E-state index contributed by atoms with van der Waals surface area (Å²) in [6.45, 7) is -0.319. The van der Waals surface area contributed by atoms with Crippen LogP contribution in [0.4, 0.5) is 19.0 Å². The van der Waals surface area contributed by atoms with Gasteiger partial charge in [-0.2, -0.15) is 13.2 Å². The Balaban J connectivity index is 2.66. The molecular formula is C9H13F3N4O2S. The number of nitrogens with two attached hydrogens (primary N) is 1. The highest BCUT2D eigenvalue weighted by Crippen LogP contribution is 2.21. The van der Waals surface area contributed by atoms with Gasteiger partial charge in [-0.05, 0) is 18.6 Å². The average Bonchev–Trinajstić information content (AvgIpc) is 2.33. The molecule has 0 unspecified atom stereocenters. The fourth-order valence-corrected chi connectivity index (χ4v) is 2.48. The number of anilines is 1. The lowest BCUT2D eigenvalue weighted by Crippen LogP contribution is -2.27. The Morgan fingerprint density at radius 1 is 1.37 bits per heavy atom. The quantitative estimate of drug-likeness (QED) is 0.413.